The van der Waals surface area contributed by atoms with Gasteiger partial charge in [0.1, 0.15) is 0 Å². The second kappa shape index (κ2) is 11.1. The van der Waals surface area contributed by atoms with E-state index in [-0.39, 0.29) is 21.4 Å². The number of piperidine rings is 1. The van der Waals surface area contributed by atoms with Crippen molar-refractivity contribution < 1.29 is 13.2 Å². The summed E-state index contributed by atoms with van der Waals surface area (Å²) in [7, 11) is -3.64. The zero-order valence-corrected chi connectivity index (χ0v) is 20.5. The third kappa shape index (κ3) is 6.62. The molecule has 0 spiro atoms. The second-order valence-corrected chi connectivity index (χ2v) is 11.5. The molecule has 168 valence electrons. The Labute approximate surface area is 198 Å². The van der Waals surface area contributed by atoms with E-state index >= 15 is 0 Å². The maximum absolute atomic E-state index is 13.0. The fourth-order valence-corrected chi connectivity index (χ4v) is 5.96. The highest BCUT2D eigenvalue weighted by Gasteiger charge is 2.29. The first-order valence-electron chi connectivity index (χ1n) is 10.2. The Balaban J connectivity index is 1.56. The van der Waals surface area contributed by atoms with Gasteiger partial charge in [0.15, 0.2) is 0 Å². The standard InChI is InChI=1S/C22H26Cl2N2O3S2/c1-16-8-11-26(12-9-16)31(28,29)19-6-7-21(24)20(14-19)22(27)25-10-13-30-15-17-2-4-18(23)5-3-17/h2-7,14,16H,8-13,15H2,1H3,(H,25,27). The summed E-state index contributed by atoms with van der Waals surface area (Å²) < 4.78 is 27.4. The van der Waals surface area contributed by atoms with Crippen LogP contribution in [0.5, 0.6) is 0 Å². The molecular weight excluding hydrogens is 475 g/mol. The van der Waals surface area contributed by atoms with Crippen molar-refractivity contribution in [2.75, 3.05) is 25.4 Å². The van der Waals surface area contributed by atoms with Gasteiger partial charge >= 0.3 is 0 Å². The highest BCUT2D eigenvalue weighted by atomic mass is 35.5. The van der Waals surface area contributed by atoms with Crippen LogP contribution in [0.3, 0.4) is 0 Å². The fraction of sp³-hybridized carbons (Fsp3) is 0.409. The predicted octanol–water partition coefficient (Wildman–Crippen LogP) is 5.08. The van der Waals surface area contributed by atoms with Crippen molar-refractivity contribution in [3.63, 3.8) is 0 Å². The summed E-state index contributed by atoms with van der Waals surface area (Å²) in [4.78, 5) is 12.7. The van der Waals surface area contributed by atoms with E-state index in [2.05, 4.69) is 12.2 Å². The molecule has 0 bridgehead atoms. The van der Waals surface area contributed by atoms with Crippen LogP contribution in [0.1, 0.15) is 35.7 Å². The highest BCUT2D eigenvalue weighted by Crippen LogP contribution is 2.26. The Morgan fingerprint density at radius 3 is 2.48 bits per heavy atom. The maximum Gasteiger partial charge on any atom is 0.252 e. The number of amides is 1. The van der Waals surface area contributed by atoms with Gasteiger partial charge in [-0.2, -0.15) is 16.1 Å². The lowest BCUT2D eigenvalue weighted by Crippen LogP contribution is -2.38. The number of carbonyl (C=O) groups excluding carboxylic acids is 1. The van der Waals surface area contributed by atoms with Crippen LogP contribution in [0.2, 0.25) is 10.0 Å². The van der Waals surface area contributed by atoms with E-state index in [1.54, 1.807) is 11.8 Å². The summed E-state index contributed by atoms with van der Waals surface area (Å²) in [5.41, 5.74) is 1.34. The minimum absolute atomic E-state index is 0.105. The minimum Gasteiger partial charge on any atom is -0.351 e. The number of sulfonamides is 1. The molecule has 0 atom stereocenters. The Morgan fingerprint density at radius 1 is 1.13 bits per heavy atom. The van der Waals surface area contributed by atoms with Gasteiger partial charge in [-0.05, 0) is 54.7 Å². The lowest BCUT2D eigenvalue weighted by molar-refractivity contribution is 0.0956. The van der Waals surface area contributed by atoms with Crippen molar-refractivity contribution in [1.29, 1.82) is 0 Å². The smallest absolute Gasteiger partial charge is 0.252 e. The quantitative estimate of drug-likeness (QED) is 0.513. The molecule has 3 rings (SSSR count). The van der Waals surface area contributed by atoms with Crippen LogP contribution >= 0.6 is 35.0 Å². The van der Waals surface area contributed by atoms with Gasteiger partial charge in [0.05, 0.1) is 15.5 Å². The molecule has 0 saturated carbocycles. The summed E-state index contributed by atoms with van der Waals surface area (Å²) in [6, 6.07) is 12.0. The molecule has 0 aromatic heterocycles. The largest absolute Gasteiger partial charge is 0.351 e. The van der Waals surface area contributed by atoms with Gasteiger partial charge in [-0.15, -0.1) is 0 Å². The molecule has 1 heterocycles. The lowest BCUT2D eigenvalue weighted by atomic mass is 10.0. The molecule has 5 nitrogen and oxygen atoms in total. The molecule has 9 heteroatoms. The monoisotopic (exact) mass is 500 g/mol. The van der Waals surface area contributed by atoms with Crippen LogP contribution in [0.15, 0.2) is 47.4 Å². The number of nitrogens with zero attached hydrogens (tertiary/aromatic N) is 1. The minimum atomic E-state index is -3.64. The zero-order chi connectivity index (χ0) is 22.4. The van der Waals surface area contributed by atoms with Crippen LogP contribution in [0.4, 0.5) is 0 Å². The van der Waals surface area contributed by atoms with E-state index in [1.807, 2.05) is 24.3 Å². The van der Waals surface area contributed by atoms with Gasteiger partial charge in [-0.25, -0.2) is 8.42 Å². The van der Waals surface area contributed by atoms with E-state index in [9.17, 15) is 13.2 Å². The van der Waals surface area contributed by atoms with E-state index in [4.69, 9.17) is 23.2 Å². The van der Waals surface area contributed by atoms with E-state index in [0.717, 1.165) is 29.9 Å². The maximum atomic E-state index is 13.0. The normalized spacial score (nSPS) is 15.7. The summed E-state index contributed by atoms with van der Waals surface area (Å²) in [6.07, 6.45) is 1.68. The molecule has 0 unspecified atom stereocenters. The third-order valence-electron chi connectivity index (χ3n) is 5.28. The van der Waals surface area contributed by atoms with Crippen LogP contribution in [0, 0.1) is 5.92 Å². The van der Waals surface area contributed by atoms with Crippen LogP contribution < -0.4 is 5.32 Å². The Kier molecular flexibility index (Phi) is 8.70. The molecule has 2 aromatic carbocycles. The average Bonchev–Trinajstić information content (AvgIpc) is 2.75. The molecular formula is C22H26Cl2N2O3S2. The molecule has 0 aliphatic carbocycles. The summed E-state index contributed by atoms with van der Waals surface area (Å²) >= 11 is 13.8. The Hall–Kier alpha value is -1.25. The van der Waals surface area contributed by atoms with Crippen molar-refractivity contribution in [2.45, 2.75) is 30.4 Å². The van der Waals surface area contributed by atoms with Gasteiger partial charge in [0.2, 0.25) is 10.0 Å². The molecule has 1 amide bonds. The van der Waals surface area contributed by atoms with Crippen molar-refractivity contribution in [1.82, 2.24) is 9.62 Å². The number of hydrogen-bond donors (Lipinski definition) is 1. The van der Waals surface area contributed by atoms with Gasteiger partial charge in [0.25, 0.3) is 5.91 Å². The second-order valence-electron chi connectivity index (χ2n) is 7.66. The summed E-state index contributed by atoms with van der Waals surface area (Å²) in [6.45, 7) is 3.58. The SMILES string of the molecule is CC1CCN(S(=O)(=O)c2ccc(Cl)c(C(=O)NCCSCc3ccc(Cl)cc3)c2)CC1. The van der Waals surface area contributed by atoms with Crippen molar-refractivity contribution in [3.05, 3.63) is 63.6 Å². The average molecular weight is 502 g/mol. The highest BCUT2D eigenvalue weighted by molar-refractivity contribution is 7.98. The van der Waals surface area contributed by atoms with E-state index in [0.29, 0.717) is 30.6 Å². The molecule has 31 heavy (non-hydrogen) atoms. The first-order valence-corrected chi connectivity index (χ1v) is 13.5. The number of benzene rings is 2. The number of carbonyl (C=O) groups is 1. The van der Waals surface area contributed by atoms with Crippen LogP contribution in [-0.2, 0) is 15.8 Å². The van der Waals surface area contributed by atoms with Gasteiger partial charge in [0, 0.05) is 36.2 Å². The van der Waals surface area contributed by atoms with Gasteiger partial charge in [-0.3, -0.25) is 4.79 Å². The zero-order valence-electron chi connectivity index (χ0n) is 17.3. The first-order chi connectivity index (χ1) is 14.8. The first kappa shape index (κ1) is 24.4. The Morgan fingerprint density at radius 2 is 1.81 bits per heavy atom. The van der Waals surface area contributed by atoms with Crippen LogP contribution in [-0.4, -0.2) is 44.0 Å². The molecule has 2 aromatic rings. The number of halogens is 2. The Bertz CT molecular complexity index is 1010. The molecule has 1 aliphatic rings. The molecule has 1 N–H and O–H groups in total. The molecule has 0 radical (unpaired) electrons. The topological polar surface area (TPSA) is 66.5 Å². The van der Waals surface area contributed by atoms with E-state index in [1.165, 1.54) is 22.5 Å². The number of thioether (sulfide) groups is 1. The number of nitrogens with one attached hydrogen (secondary N) is 1. The van der Waals surface area contributed by atoms with Crippen molar-refractivity contribution in [2.24, 2.45) is 5.92 Å². The van der Waals surface area contributed by atoms with Crippen molar-refractivity contribution >= 4 is 50.9 Å². The predicted molar refractivity (Wildman–Crippen MR) is 129 cm³/mol. The summed E-state index contributed by atoms with van der Waals surface area (Å²) in [5, 5.41) is 3.76. The number of hydrogen-bond acceptors (Lipinski definition) is 4. The molecule has 1 saturated heterocycles. The third-order valence-corrected chi connectivity index (χ3v) is 8.78. The van der Waals surface area contributed by atoms with Gasteiger partial charge in [-0.1, -0.05) is 42.3 Å². The lowest BCUT2D eigenvalue weighted by Gasteiger charge is -2.29. The molecule has 1 aliphatic heterocycles. The molecule has 1 fully saturated rings. The summed E-state index contributed by atoms with van der Waals surface area (Å²) in [5.74, 6) is 1.68. The van der Waals surface area contributed by atoms with E-state index < -0.39 is 10.0 Å². The number of rotatable bonds is 8. The fourth-order valence-electron chi connectivity index (χ4n) is 3.32. The van der Waals surface area contributed by atoms with Crippen LogP contribution in [0.25, 0.3) is 0 Å². The van der Waals surface area contributed by atoms with Gasteiger partial charge < -0.3 is 5.32 Å². The van der Waals surface area contributed by atoms with Crippen molar-refractivity contribution in [3.8, 4) is 0 Å².